The Hall–Kier alpha value is -6.65. The number of hydrogen-bond acceptors (Lipinski definition) is 3. The largest absolute Gasteiger partial charge is 0.308 e. The van der Waals surface area contributed by atoms with Gasteiger partial charge >= 0.3 is 0 Å². The zero-order valence-corrected chi connectivity index (χ0v) is 26.6. The van der Waals surface area contributed by atoms with Crippen LogP contribution in [0.25, 0.3) is 83.9 Å². The van der Waals surface area contributed by atoms with Gasteiger partial charge in [0, 0.05) is 33.2 Å². The van der Waals surface area contributed by atoms with Crippen molar-refractivity contribution in [3.63, 3.8) is 0 Å². The summed E-state index contributed by atoms with van der Waals surface area (Å²) in [4.78, 5) is 15.5. The van der Waals surface area contributed by atoms with Crippen LogP contribution in [-0.2, 0) is 0 Å². The van der Waals surface area contributed by atoms with Crippen molar-refractivity contribution in [2.75, 3.05) is 0 Å². The first-order valence-electron chi connectivity index (χ1n) is 16.5. The predicted octanol–water partition coefficient (Wildman–Crippen LogP) is 11.3. The second-order valence-electron chi connectivity index (χ2n) is 12.1. The van der Waals surface area contributed by atoms with Crippen LogP contribution in [0.1, 0.15) is 0 Å². The van der Waals surface area contributed by atoms with Gasteiger partial charge in [-0.2, -0.15) is 0 Å². The number of rotatable bonds is 6. The highest BCUT2D eigenvalue weighted by atomic mass is 15.0. The molecule has 2 heterocycles. The smallest absolute Gasteiger partial charge is 0.166 e. The molecule has 49 heavy (non-hydrogen) atoms. The first-order valence-corrected chi connectivity index (χ1v) is 16.5. The molecule has 2 aromatic heterocycles. The van der Waals surface area contributed by atoms with Crippen LogP contribution in [0.3, 0.4) is 0 Å². The van der Waals surface area contributed by atoms with E-state index in [1.807, 2.05) is 24.3 Å². The molecule has 0 N–H and O–H groups in total. The highest BCUT2D eigenvalue weighted by molar-refractivity contribution is 6.19. The van der Waals surface area contributed by atoms with E-state index in [2.05, 4.69) is 162 Å². The summed E-state index contributed by atoms with van der Waals surface area (Å²) in [5.74, 6) is 1.89. The minimum Gasteiger partial charge on any atom is -0.308 e. The SMILES string of the molecule is c1ccc(-c2ccc(-c3nc(-c4ccccc4)nc(-c4ccc(-c5ccccc5)c5c6ccccc6n(-c6ccccc6)c45)n3)cc2)cc1. The lowest BCUT2D eigenvalue weighted by atomic mass is 9.96. The molecule has 0 spiro atoms. The van der Waals surface area contributed by atoms with Gasteiger partial charge in [-0.25, -0.2) is 15.0 Å². The summed E-state index contributed by atoms with van der Waals surface area (Å²) in [6.45, 7) is 0. The van der Waals surface area contributed by atoms with Crippen LogP contribution in [0.2, 0.25) is 0 Å². The van der Waals surface area contributed by atoms with Crippen molar-refractivity contribution in [2.45, 2.75) is 0 Å². The lowest BCUT2D eigenvalue weighted by Gasteiger charge is -2.14. The van der Waals surface area contributed by atoms with E-state index in [0.717, 1.165) is 44.5 Å². The first-order chi connectivity index (χ1) is 24.3. The van der Waals surface area contributed by atoms with Crippen LogP contribution in [0.5, 0.6) is 0 Å². The Morgan fingerprint density at radius 3 is 1.43 bits per heavy atom. The standard InChI is InChI=1S/C45H30N4/c1-5-15-31(16-6-1)32-25-27-35(28-26-32)44-46-43(34-19-9-3-10-20-34)47-45(48-44)39-30-29-37(33-17-7-2-8-18-33)41-38-23-13-14-24-40(38)49(42(39)41)36-21-11-4-12-22-36/h1-30H. The molecular weight excluding hydrogens is 597 g/mol. The lowest BCUT2D eigenvalue weighted by molar-refractivity contribution is 1.07. The van der Waals surface area contributed by atoms with E-state index in [9.17, 15) is 0 Å². The summed E-state index contributed by atoms with van der Waals surface area (Å²) in [7, 11) is 0. The number of fused-ring (bicyclic) bond motifs is 3. The molecule has 0 amide bonds. The third-order valence-corrected chi connectivity index (χ3v) is 9.07. The maximum atomic E-state index is 5.22. The zero-order valence-electron chi connectivity index (χ0n) is 26.6. The number of para-hydroxylation sites is 2. The van der Waals surface area contributed by atoms with Crippen molar-refractivity contribution in [3.05, 3.63) is 182 Å². The van der Waals surface area contributed by atoms with Gasteiger partial charge in [-0.1, -0.05) is 158 Å². The summed E-state index contributed by atoms with van der Waals surface area (Å²) in [5.41, 5.74) is 10.7. The molecule has 0 fully saturated rings. The van der Waals surface area contributed by atoms with E-state index in [0.29, 0.717) is 17.5 Å². The van der Waals surface area contributed by atoms with Crippen molar-refractivity contribution < 1.29 is 0 Å². The third kappa shape index (κ3) is 5.16. The number of aromatic nitrogens is 4. The third-order valence-electron chi connectivity index (χ3n) is 9.07. The van der Waals surface area contributed by atoms with E-state index in [4.69, 9.17) is 15.0 Å². The van der Waals surface area contributed by atoms with E-state index < -0.39 is 0 Å². The van der Waals surface area contributed by atoms with Gasteiger partial charge in [0.05, 0.1) is 11.0 Å². The topological polar surface area (TPSA) is 43.6 Å². The molecular formula is C45H30N4. The van der Waals surface area contributed by atoms with Crippen molar-refractivity contribution in [3.8, 4) is 62.1 Å². The van der Waals surface area contributed by atoms with Gasteiger partial charge in [0.25, 0.3) is 0 Å². The number of benzene rings is 7. The maximum Gasteiger partial charge on any atom is 0.166 e. The Morgan fingerprint density at radius 2 is 0.776 bits per heavy atom. The fraction of sp³-hybridized carbons (Fsp3) is 0. The molecule has 4 heteroatoms. The second-order valence-corrected chi connectivity index (χ2v) is 12.1. The van der Waals surface area contributed by atoms with E-state index in [1.165, 1.54) is 21.9 Å². The van der Waals surface area contributed by atoms with Crippen LogP contribution < -0.4 is 0 Å². The van der Waals surface area contributed by atoms with Crippen molar-refractivity contribution in [1.82, 2.24) is 19.5 Å². The van der Waals surface area contributed by atoms with Crippen molar-refractivity contribution >= 4 is 21.8 Å². The summed E-state index contributed by atoms with van der Waals surface area (Å²) in [6.07, 6.45) is 0. The molecule has 0 saturated heterocycles. The van der Waals surface area contributed by atoms with Crippen LogP contribution in [0, 0.1) is 0 Å². The molecule has 0 unspecified atom stereocenters. The molecule has 4 nitrogen and oxygen atoms in total. The summed E-state index contributed by atoms with van der Waals surface area (Å²) in [6, 6.07) is 63.2. The Morgan fingerprint density at radius 1 is 0.327 bits per heavy atom. The Kier molecular flexibility index (Phi) is 7.10. The maximum absolute atomic E-state index is 5.22. The van der Waals surface area contributed by atoms with Crippen LogP contribution in [-0.4, -0.2) is 19.5 Å². The van der Waals surface area contributed by atoms with Crippen LogP contribution >= 0.6 is 0 Å². The molecule has 0 radical (unpaired) electrons. The quantitative estimate of drug-likeness (QED) is 0.184. The molecule has 0 aliphatic carbocycles. The Bertz CT molecular complexity index is 2560. The zero-order chi connectivity index (χ0) is 32.6. The molecule has 0 saturated carbocycles. The van der Waals surface area contributed by atoms with Crippen molar-refractivity contribution in [1.29, 1.82) is 0 Å². The fourth-order valence-electron chi connectivity index (χ4n) is 6.76. The van der Waals surface area contributed by atoms with Gasteiger partial charge in [-0.05, 0) is 46.5 Å². The van der Waals surface area contributed by atoms with Crippen molar-refractivity contribution in [2.24, 2.45) is 0 Å². The van der Waals surface area contributed by atoms with Gasteiger partial charge < -0.3 is 4.57 Å². The minimum absolute atomic E-state index is 0.626. The van der Waals surface area contributed by atoms with Gasteiger partial charge in [0.15, 0.2) is 17.5 Å². The first kappa shape index (κ1) is 28.6. The van der Waals surface area contributed by atoms with E-state index in [1.54, 1.807) is 0 Å². The molecule has 9 aromatic rings. The minimum atomic E-state index is 0.626. The summed E-state index contributed by atoms with van der Waals surface area (Å²) >= 11 is 0. The summed E-state index contributed by atoms with van der Waals surface area (Å²) < 4.78 is 2.35. The Labute approximate surface area is 284 Å². The second kappa shape index (κ2) is 12.2. The lowest BCUT2D eigenvalue weighted by Crippen LogP contribution is -2.02. The number of nitrogens with zero attached hydrogens (tertiary/aromatic N) is 4. The van der Waals surface area contributed by atoms with Gasteiger partial charge in [0.2, 0.25) is 0 Å². The normalized spacial score (nSPS) is 11.3. The monoisotopic (exact) mass is 626 g/mol. The van der Waals surface area contributed by atoms with E-state index >= 15 is 0 Å². The average Bonchev–Trinajstić information content (AvgIpc) is 3.54. The van der Waals surface area contributed by atoms with Crippen LogP contribution in [0.15, 0.2) is 182 Å². The Balaban J connectivity index is 1.33. The summed E-state index contributed by atoms with van der Waals surface area (Å²) in [5, 5.41) is 2.34. The molecule has 230 valence electrons. The van der Waals surface area contributed by atoms with Gasteiger partial charge in [0.1, 0.15) is 0 Å². The fourth-order valence-corrected chi connectivity index (χ4v) is 6.76. The van der Waals surface area contributed by atoms with Crippen LogP contribution in [0.4, 0.5) is 0 Å². The van der Waals surface area contributed by atoms with Gasteiger partial charge in [-0.3, -0.25) is 0 Å². The average molecular weight is 627 g/mol. The molecule has 0 aliphatic rings. The molecule has 7 aromatic carbocycles. The predicted molar refractivity (Wildman–Crippen MR) is 201 cm³/mol. The number of hydrogen-bond donors (Lipinski definition) is 0. The highest BCUT2D eigenvalue weighted by Crippen LogP contribution is 2.43. The molecule has 9 rings (SSSR count). The molecule has 0 aliphatic heterocycles. The van der Waals surface area contributed by atoms with E-state index in [-0.39, 0.29) is 0 Å². The highest BCUT2D eigenvalue weighted by Gasteiger charge is 2.22. The molecule has 0 atom stereocenters. The molecule has 0 bridgehead atoms. The van der Waals surface area contributed by atoms with Gasteiger partial charge in [-0.15, -0.1) is 0 Å².